The van der Waals surface area contributed by atoms with E-state index in [0.717, 1.165) is 30.5 Å². The average Bonchev–Trinajstić information content (AvgIpc) is 3.01. The quantitative estimate of drug-likeness (QED) is 0.864. The van der Waals surface area contributed by atoms with Crippen LogP contribution in [-0.2, 0) is 17.9 Å². The summed E-state index contributed by atoms with van der Waals surface area (Å²) in [5.74, 6) is 2.60. The highest BCUT2D eigenvalue weighted by Crippen LogP contribution is 2.18. The van der Waals surface area contributed by atoms with Crippen LogP contribution in [0, 0.1) is 6.92 Å². The number of ether oxygens (including phenoxy) is 1. The molecule has 0 amide bonds. The maximum atomic E-state index is 5.16. The molecule has 1 fully saturated rings. The van der Waals surface area contributed by atoms with Crippen LogP contribution in [0.3, 0.4) is 0 Å². The molecule has 2 aromatic heterocycles. The molecule has 1 saturated heterocycles. The van der Waals surface area contributed by atoms with Crippen molar-refractivity contribution in [2.75, 3.05) is 30.4 Å². The lowest BCUT2D eigenvalue weighted by molar-refractivity contribution is 0.174. The van der Waals surface area contributed by atoms with Crippen molar-refractivity contribution in [1.29, 1.82) is 0 Å². The Hall–Kier alpha value is -2.22. The molecule has 0 aliphatic carbocycles. The van der Waals surface area contributed by atoms with Gasteiger partial charge < -0.3 is 19.5 Å². The number of anilines is 2. The Morgan fingerprint density at radius 2 is 2.04 bits per heavy atom. The van der Waals surface area contributed by atoms with Crippen LogP contribution in [0.15, 0.2) is 10.6 Å². The van der Waals surface area contributed by atoms with Gasteiger partial charge in [0.05, 0.1) is 6.54 Å². The topological polar surface area (TPSA) is 89.2 Å². The van der Waals surface area contributed by atoms with Crippen LogP contribution >= 0.6 is 0 Å². The van der Waals surface area contributed by atoms with Crippen molar-refractivity contribution in [2.45, 2.75) is 39.3 Å². The lowest BCUT2D eigenvalue weighted by atomic mass is 10.1. The van der Waals surface area contributed by atoms with E-state index in [0.29, 0.717) is 24.9 Å². The Labute approximate surface area is 135 Å². The predicted molar refractivity (Wildman–Crippen MR) is 85.2 cm³/mol. The molecule has 23 heavy (non-hydrogen) atoms. The first-order chi connectivity index (χ1) is 11.2. The van der Waals surface area contributed by atoms with Gasteiger partial charge in [0, 0.05) is 32.0 Å². The SMILES string of the molecule is COCc1noc(CNc2cc(C)nc(N3CCCCC3)n2)n1. The van der Waals surface area contributed by atoms with E-state index in [1.54, 1.807) is 7.11 Å². The molecule has 1 N–H and O–H groups in total. The third-order valence-electron chi connectivity index (χ3n) is 3.69. The van der Waals surface area contributed by atoms with E-state index in [-0.39, 0.29) is 0 Å². The van der Waals surface area contributed by atoms with Gasteiger partial charge in [-0.15, -0.1) is 0 Å². The van der Waals surface area contributed by atoms with Crippen LogP contribution in [0.1, 0.15) is 36.7 Å². The number of hydrogen-bond donors (Lipinski definition) is 1. The zero-order valence-electron chi connectivity index (χ0n) is 13.6. The maximum Gasteiger partial charge on any atom is 0.246 e. The minimum atomic E-state index is 0.342. The Bertz CT molecular complexity index is 639. The normalized spacial score (nSPS) is 15.0. The minimum Gasteiger partial charge on any atom is -0.377 e. The van der Waals surface area contributed by atoms with Gasteiger partial charge in [-0.2, -0.15) is 9.97 Å². The Balaban J connectivity index is 1.65. The molecular formula is C15H22N6O2. The summed E-state index contributed by atoms with van der Waals surface area (Å²) >= 11 is 0. The molecule has 0 atom stereocenters. The molecule has 1 aliphatic rings. The van der Waals surface area contributed by atoms with Crippen molar-refractivity contribution in [1.82, 2.24) is 20.1 Å². The summed E-state index contributed by atoms with van der Waals surface area (Å²) in [5.41, 5.74) is 0.939. The van der Waals surface area contributed by atoms with Crippen LogP contribution < -0.4 is 10.2 Å². The van der Waals surface area contributed by atoms with E-state index in [9.17, 15) is 0 Å². The number of hydrogen-bond acceptors (Lipinski definition) is 8. The third kappa shape index (κ3) is 4.16. The molecule has 1 aliphatic heterocycles. The van der Waals surface area contributed by atoms with Crippen molar-refractivity contribution >= 4 is 11.8 Å². The number of piperidine rings is 1. The van der Waals surface area contributed by atoms with Gasteiger partial charge in [-0.25, -0.2) is 4.98 Å². The summed E-state index contributed by atoms with van der Waals surface area (Å²) in [6, 6.07) is 1.92. The second-order valence-electron chi connectivity index (χ2n) is 5.63. The first-order valence-electron chi connectivity index (χ1n) is 7.89. The lowest BCUT2D eigenvalue weighted by Gasteiger charge is -2.27. The smallest absolute Gasteiger partial charge is 0.246 e. The number of aromatic nitrogens is 4. The van der Waals surface area contributed by atoms with Gasteiger partial charge in [0.25, 0.3) is 0 Å². The van der Waals surface area contributed by atoms with Crippen molar-refractivity contribution in [3.05, 3.63) is 23.5 Å². The molecule has 3 rings (SSSR count). The Morgan fingerprint density at radius 1 is 1.22 bits per heavy atom. The fourth-order valence-corrected chi connectivity index (χ4v) is 2.59. The van der Waals surface area contributed by atoms with Gasteiger partial charge in [0.2, 0.25) is 11.8 Å². The molecule has 0 aromatic carbocycles. The number of methoxy groups -OCH3 is 1. The van der Waals surface area contributed by atoms with Crippen LogP contribution in [0.5, 0.6) is 0 Å². The summed E-state index contributed by atoms with van der Waals surface area (Å²) in [6.45, 7) is 4.78. The zero-order valence-corrected chi connectivity index (χ0v) is 13.6. The molecule has 8 nitrogen and oxygen atoms in total. The lowest BCUT2D eigenvalue weighted by Crippen LogP contribution is -2.31. The highest BCUT2D eigenvalue weighted by Gasteiger charge is 2.15. The summed E-state index contributed by atoms with van der Waals surface area (Å²) < 4.78 is 10.1. The second-order valence-corrected chi connectivity index (χ2v) is 5.63. The highest BCUT2D eigenvalue weighted by atomic mass is 16.5. The van der Waals surface area contributed by atoms with Gasteiger partial charge in [0.1, 0.15) is 12.4 Å². The first kappa shape index (κ1) is 15.7. The zero-order chi connectivity index (χ0) is 16.1. The van der Waals surface area contributed by atoms with E-state index in [4.69, 9.17) is 9.26 Å². The molecule has 0 radical (unpaired) electrons. The van der Waals surface area contributed by atoms with E-state index >= 15 is 0 Å². The molecule has 2 aromatic rings. The summed E-state index contributed by atoms with van der Waals surface area (Å²) in [4.78, 5) is 15.6. The number of nitrogens with zero attached hydrogens (tertiary/aromatic N) is 5. The van der Waals surface area contributed by atoms with Gasteiger partial charge in [-0.1, -0.05) is 5.16 Å². The first-order valence-corrected chi connectivity index (χ1v) is 7.89. The number of rotatable bonds is 6. The molecule has 0 unspecified atom stereocenters. The number of aryl methyl sites for hydroxylation is 1. The molecule has 3 heterocycles. The molecular weight excluding hydrogens is 296 g/mol. The van der Waals surface area contributed by atoms with Gasteiger partial charge >= 0.3 is 0 Å². The number of nitrogens with one attached hydrogen (secondary N) is 1. The average molecular weight is 318 g/mol. The van der Waals surface area contributed by atoms with E-state index < -0.39 is 0 Å². The van der Waals surface area contributed by atoms with Crippen LogP contribution in [0.4, 0.5) is 11.8 Å². The fraction of sp³-hybridized carbons (Fsp3) is 0.600. The van der Waals surface area contributed by atoms with E-state index in [2.05, 4.69) is 30.3 Å². The Morgan fingerprint density at radius 3 is 2.83 bits per heavy atom. The Kier molecular flexibility index (Phi) is 5.02. The second kappa shape index (κ2) is 7.36. The fourth-order valence-electron chi connectivity index (χ4n) is 2.59. The molecule has 0 spiro atoms. The largest absolute Gasteiger partial charge is 0.377 e. The molecule has 8 heteroatoms. The van der Waals surface area contributed by atoms with Crippen molar-refractivity contribution < 1.29 is 9.26 Å². The van der Waals surface area contributed by atoms with Gasteiger partial charge in [-0.3, -0.25) is 0 Å². The van der Waals surface area contributed by atoms with Gasteiger partial charge in [0.15, 0.2) is 5.82 Å². The van der Waals surface area contributed by atoms with E-state index in [1.807, 2.05) is 13.0 Å². The molecule has 124 valence electrons. The summed E-state index contributed by atoms with van der Waals surface area (Å²) in [6.07, 6.45) is 3.68. The third-order valence-corrected chi connectivity index (χ3v) is 3.69. The maximum absolute atomic E-state index is 5.16. The highest BCUT2D eigenvalue weighted by molar-refractivity contribution is 5.43. The molecule has 0 bridgehead atoms. The van der Waals surface area contributed by atoms with Crippen molar-refractivity contribution in [3.8, 4) is 0 Å². The standard InChI is InChI=1S/C15H22N6O2/c1-11-8-12(16-9-14-18-13(10-22-2)20-23-14)19-15(17-11)21-6-4-3-5-7-21/h8H,3-7,9-10H2,1-2H3,(H,16,17,19). The van der Waals surface area contributed by atoms with Crippen LogP contribution in [0.2, 0.25) is 0 Å². The van der Waals surface area contributed by atoms with E-state index in [1.165, 1.54) is 19.3 Å². The molecule has 0 saturated carbocycles. The van der Waals surface area contributed by atoms with Crippen LogP contribution in [-0.4, -0.2) is 40.3 Å². The van der Waals surface area contributed by atoms with Crippen molar-refractivity contribution in [3.63, 3.8) is 0 Å². The van der Waals surface area contributed by atoms with Gasteiger partial charge in [-0.05, 0) is 26.2 Å². The summed E-state index contributed by atoms with van der Waals surface area (Å²) in [7, 11) is 1.60. The minimum absolute atomic E-state index is 0.342. The van der Waals surface area contributed by atoms with Crippen molar-refractivity contribution in [2.24, 2.45) is 0 Å². The summed E-state index contributed by atoms with van der Waals surface area (Å²) in [5, 5.41) is 7.06. The predicted octanol–water partition coefficient (Wildman–Crippen LogP) is 1.92. The monoisotopic (exact) mass is 318 g/mol. The van der Waals surface area contributed by atoms with Crippen LogP contribution in [0.25, 0.3) is 0 Å².